The third-order valence-corrected chi connectivity index (χ3v) is 7.06. The molecule has 2 bridgehead atoms. The van der Waals surface area contributed by atoms with Crippen LogP contribution in [0, 0.1) is 23.7 Å². The number of hydrogen-bond acceptors (Lipinski definition) is 4. The van der Waals surface area contributed by atoms with Crippen LogP contribution in [0.15, 0.2) is 42.5 Å². The third-order valence-electron chi connectivity index (χ3n) is 6.74. The molecule has 5 rings (SSSR count). The number of hydrogen-bond donors (Lipinski definition) is 1. The average molecular weight is 425 g/mol. The molecule has 154 valence electrons. The van der Waals surface area contributed by atoms with Gasteiger partial charge in [0.2, 0.25) is 11.8 Å². The van der Waals surface area contributed by atoms with E-state index < -0.39 is 5.91 Å². The highest BCUT2D eigenvalue weighted by Gasteiger charge is 2.61. The highest BCUT2D eigenvalue weighted by molar-refractivity contribution is 6.35. The molecule has 4 atom stereocenters. The first-order valence-corrected chi connectivity index (χ1v) is 10.5. The number of halogens is 1. The Labute approximate surface area is 179 Å². The largest absolute Gasteiger partial charge is 0.495 e. The molecule has 0 spiro atoms. The number of anilines is 2. The lowest BCUT2D eigenvalue weighted by molar-refractivity contribution is -0.123. The molecule has 7 heteroatoms. The Morgan fingerprint density at radius 3 is 2.40 bits per heavy atom. The summed E-state index contributed by atoms with van der Waals surface area (Å²) in [7, 11) is 1.52. The van der Waals surface area contributed by atoms with Crippen LogP contribution in [-0.2, 0) is 9.59 Å². The summed E-state index contributed by atoms with van der Waals surface area (Å²) in [5, 5.41) is 3.03. The first-order valence-electron chi connectivity index (χ1n) is 10.1. The molecule has 0 unspecified atom stereocenters. The zero-order valence-electron chi connectivity index (χ0n) is 16.4. The maximum absolute atomic E-state index is 13.1. The molecule has 1 N–H and O–H groups in total. The molecule has 1 saturated heterocycles. The summed E-state index contributed by atoms with van der Waals surface area (Å²) in [6.07, 6.45) is 3.02. The molecule has 2 aromatic rings. The summed E-state index contributed by atoms with van der Waals surface area (Å²) in [4.78, 5) is 40.3. The summed E-state index contributed by atoms with van der Waals surface area (Å²) >= 11 is 6.28. The quantitative estimate of drug-likeness (QED) is 0.748. The van der Waals surface area contributed by atoms with Gasteiger partial charge in [-0.25, -0.2) is 0 Å². The number of ether oxygens (including phenoxy) is 1. The molecule has 1 aliphatic heterocycles. The van der Waals surface area contributed by atoms with E-state index in [4.69, 9.17) is 16.3 Å². The summed E-state index contributed by atoms with van der Waals surface area (Å²) in [5.74, 6) is -0.0112. The number of nitrogens with zero attached hydrogens (tertiary/aromatic N) is 1. The van der Waals surface area contributed by atoms with Crippen LogP contribution in [0.2, 0.25) is 5.02 Å². The van der Waals surface area contributed by atoms with E-state index in [1.54, 1.807) is 36.4 Å². The molecule has 3 fully saturated rings. The average Bonchev–Trinajstić information content (AvgIpc) is 3.43. The van der Waals surface area contributed by atoms with E-state index in [2.05, 4.69) is 5.32 Å². The molecule has 1 heterocycles. The Hall–Kier alpha value is -2.86. The molecule has 3 aliphatic rings. The van der Waals surface area contributed by atoms with Gasteiger partial charge in [0, 0.05) is 0 Å². The monoisotopic (exact) mass is 424 g/mol. The fraction of sp³-hybridized carbons (Fsp3) is 0.348. The molecule has 0 radical (unpaired) electrons. The lowest BCUT2D eigenvalue weighted by Crippen LogP contribution is -2.33. The predicted octanol–water partition coefficient (Wildman–Crippen LogP) is 4.14. The Morgan fingerprint density at radius 2 is 1.73 bits per heavy atom. The first-order chi connectivity index (χ1) is 14.5. The second-order valence-corrected chi connectivity index (χ2v) is 8.62. The number of rotatable bonds is 4. The maximum Gasteiger partial charge on any atom is 0.257 e. The van der Waals surface area contributed by atoms with E-state index in [9.17, 15) is 14.4 Å². The highest BCUT2D eigenvalue weighted by Crippen LogP contribution is 2.56. The van der Waals surface area contributed by atoms with Gasteiger partial charge in [-0.2, -0.15) is 0 Å². The van der Waals surface area contributed by atoms with Gasteiger partial charge in [0.05, 0.1) is 40.9 Å². The minimum absolute atomic E-state index is 0.143. The number of carbonyl (C=O) groups excluding carboxylic acids is 3. The smallest absolute Gasteiger partial charge is 0.257 e. The van der Waals surface area contributed by atoms with E-state index in [1.807, 2.05) is 0 Å². The van der Waals surface area contributed by atoms with Gasteiger partial charge in [-0.3, -0.25) is 19.3 Å². The zero-order chi connectivity index (χ0) is 21.0. The number of amides is 3. The van der Waals surface area contributed by atoms with Crippen molar-refractivity contribution in [3.63, 3.8) is 0 Å². The third kappa shape index (κ3) is 2.82. The minimum Gasteiger partial charge on any atom is -0.495 e. The van der Waals surface area contributed by atoms with Crippen molar-refractivity contribution >= 4 is 40.7 Å². The number of imide groups is 1. The van der Waals surface area contributed by atoms with Crippen molar-refractivity contribution in [1.82, 2.24) is 0 Å². The van der Waals surface area contributed by atoms with Crippen molar-refractivity contribution in [1.29, 1.82) is 0 Å². The van der Waals surface area contributed by atoms with E-state index >= 15 is 0 Å². The molecule has 30 heavy (non-hydrogen) atoms. The van der Waals surface area contributed by atoms with Gasteiger partial charge in [-0.15, -0.1) is 0 Å². The van der Waals surface area contributed by atoms with E-state index in [0.29, 0.717) is 29.0 Å². The van der Waals surface area contributed by atoms with Crippen LogP contribution >= 0.6 is 11.6 Å². The Balaban J connectivity index is 1.45. The maximum atomic E-state index is 13.1. The van der Waals surface area contributed by atoms with E-state index in [0.717, 1.165) is 19.3 Å². The van der Waals surface area contributed by atoms with Crippen LogP contribution in [0.4, 0.5) is 11.4 Å². The molecule has 0 aromatic heterocycles. The van der Waals surface area contributed by atoms with Gasteiger partial charge < -0.3 is 10.1 Å². The Bertz CT molecular complexity index is 1040. The van der Waals surface area contributed by atoms with Crippen molar-refractivity contribution in [2.24, 2.45) is 23.7 Å². The van der Waals surface area contributed by atoms with Crippen molar-refractivity contribution in [3.05, 3.63) is 53.1 Å². The fourth-order valence-electron chi connectivity index (χ4n) is 5.43. The summed E-state index contributed by atoms with van der Waals surface area (Å²) in [5.41, 5.74) is 1.10. The Kier molecular flexibility index (Phi) is 4.54. The van der Waals surface area contributed by atoms with Crippen molar-refractivity contribution in [3.8, 4) is 5.75 Å². The van der Waals surface area contributed by atoms with Crippen LogP contribution in [-0.4, -0.2) is 24.8 Å². The molecular weight excluding hydrogens is 404 g/mol. The number of carbonyl (C=O) groups is 3. The SMILES string of the molecule is COc1ccccc1NC(=O)c1cc(N2C(=O)[C@H]3[C@H]4CC[C@@H](C4)[C@@H]3C2=O)ccc1Cl. The van der Waals surface area contributed by atoms with Crippen LogP contribution in [0.25, 0.3) is 0 Å². The van der Waals surface area contributed by atoms with Crippen molar-refractivity contribution in [2.45, 2.75) is 19.3 Å². The van der Waals surface area contributed by atoms with Gasteiger partial charge in [0.1, 0.15) is 5.75 Å². The van der Waals surface area contributed by atoms with Crippen molar-refractivity contribution in [2.75, 3.05) is 17.3 Å². The van der Waals surface area contributed by atoms with Gasteiger partial charge in [0.15, 0.2) is 0 Å². The first kappa shape index (κ1) is 19.1. The predicted molar refractivity (Wildman–Crippen MR) is 113 cm³/mol. The standard InChI is InChI=1S/C23H21ClN2O4/c1-30-18-5-3-2-4-17(18)25-21(27)15-11-14(8-9-16(15)24)26-22(28)19-12-6-7-13(10-12)20(19)23(26)29/h2-5,8-9,11-13,19-20H,6-7,10H2,1H3,(H,25,27)/t12-,13-,19-,20-/m0/s1. The van der Waals surface area contributed by atoms with Gasteiger partial charge in [-0.05, 0) is 61.4 Å². The van der Waals surface area contributed by atoms with E-state index in [1.165, 1.54) is 18.1 Å². The zero-order valence-corrected chi connectivity index (χ0v) is 17.2. The second kappa shape index (κ2) is 7.13. The van der Waals surface area contributed by atoms with Crippen LogP contribution in [0.1, 0.15) is 29.6 Å². The van der Waals surface area contributed by atoms with Crippen LogP contribution < -0.4 is 15.0 Å². The molecule has 6 nitrogen and oxygen atoms in total. The fourth-order valence-corrected chi connectivity index (χ4v) is 5.63. The lowest BCUT2D eigenvalue weighted by atomic mass is 9.81. The number of para-hydroxylation sites is 2. The minimum atomic E-state index is -0.439. The molecule has 3 amide bonds. The molecule has 2 saturated carbocycles. The molecule has 2 aromatic carbocycles. The number of methoxy groups -OCH3 is 1. The van der Waals surface area contributed by atoms with Gasteiger partial charge in [-0.1, -0.05) is 23.7 Å². The van der Waals surface area contributed by atoms with Gasteiger partial charge in [0.25, 0.3) is 5.91 Å². The second-order valence-electron chi connectivity index (χ2n) is 8.22. The lowest BCUT2D eigenvalue weighted by Gasteiger charge is -2.19. The molecule has 2 aliphatic carbocycles. The molecular formula is C23H21ClN2O4. The number of benzene rings is 2. The van der Waals surface area contributed by atoms with Crippen molar-refractivity contribution < 1.29 is 19.1 Å². The summed E-state index contributed by atoms with van der Waals surface area (Å²) in [6, 6.07) is 11.7. The van der Waals surface area contributed by atoms with Crippen LogP contribution in [0.3, 0.4) is 0 Å². The Morgan fingerprint density at radius 1 is 1.07 bits per heavy atom. The van der Waals surface area contributed by atoms with Crippen LogP contribution in [0.5, 0.6) is 5.75 Å². The van der Waals surface area contributed by atoms with E-state index in [-0.39, 0.29) is 34.2 Å². The normalized spacial score (nSPS) is 26.8. The topological polar surface area (TPSA) is 75.7 Å². The highest BCUT2D eigenvalue weighted by atomic mass is 35.5. The summed E-state index contributed by atoms with van der Waals surface area (Å²) in [6.45, 7) is 0. The number of nitrogens with one attached hydrogen (secondary N) is 1. The number of fused-ring (bicyclic) bond motifs is 5. The summed E-state index contributed by atoms with van der Waals surface area (Å²) < 4.78 is 5.27. The van der Waals surface area contributed by atoms with Gasteiger partial charge >= 0.3 is 0 Å².